The second kappa shape index (κ2) is 6.32. The highest BCUT2D eigenvalue weighted by molar-refractivity contribution is 9.10. The number of rotatable bonds is 4. The predicted octanol–water partition coefficient (Wildman–Crippen LogP) is 3.00. The molecule has 0 aliphatic carbocycles. The standard InChI is InChI=1S/C13H13BrN2O3S/c1-3-19-9-5-7(4-8(14)11(9)18-2)6-10-12(17)16-13(15)20-10/h4-6H,3H2,1-2H3,(H2,15,16,17). The van der Waals surface area contributed by atoms with Crippen molar-refractivity contribution in [3.63, 3.8) is 0 Å². The maximum absolute atomic E-state index is 11.6. The van der Waals surface area contributed by atoms with Gasteiger partial charge < -0.3 is 14.8 Å². The van der Waals surface area contributed by atoms with Gasteiger partial charge in [0, 0.05) is 0 Å². The van der Waals surface area contributed by atoms with Crippen LogP contribution in [0.5, 0.6) is 11.5 Å². The van der Waals surface area contributed by atoms with E-state index in [0.29, 0.717) is 23.0 Å². The third kappa shape index (κ3) is 3.16. The molecule has 0 unspecified atom stereocenters. The van der Waals surface area contributed by atoms with Crippen molar-refractivity contribution < 1.29 is 14.3 Å². The molecule has 1 aromatic rings. The minimum absolute atomic E-state index is 0.138. The molecule has 2 N–H and O–H groups in total. The summed E-state index contributed by atoms with van der Waals surface area (Å²) in [4.78, 5) is 12.1. The summed E-state index contributed by atoms with van der Waals surface area (Å²) in [6, 6.07) is 3.64. The van der Waals surface area contributed by atoms with Gasteiger partial charge in [-0.1, -0.05) is 0 Å². The smallest absolute Gasteiger partial charge is 0.264 e. The van der Waals surface area contributed by atoms with Crippen LogP contribution < -0.4 is 14.8 Å². The van der Waals surface area contributed by atoms with Crippen LogP contribution in [-0.2, 0) is 4.79 Å². The molecule has 20 heavy (non-hydrogen) atoms. The number of methoxy groups -OCH3 is 1. The predicted molar refractivity (Wildman–Crippen MR) is 83.3 cm³/mol. The number of halogens is 1. The highest BCUT2D eigenvalue weighted by atomic mass is 79.9. The number of nitrogens with one attached hydrogen (secondary N) is 2. The van der Waals surface area contributed by atoms with E-state index in [1.165, 1.54) is 0 Å². The van der Waals surface area contributed by atoms with Crippen LogP contribution in [-0.4, -0.2) is 24.8 Å². The van der Waals surface area contributed by atoms with E-state index in [1.807, 2.05) is 13.0 Å². The first-order chi connectivity index (χ1) is 9.55. The Balaban J connectivity index is 2.40. The summed E-state index contributed by atoms with van der Waals surface area (Å²) < 4.78 is 11.6. The van der Waals surface area contributed by atoms with E-state index in [2.05, 4.69) is 21.2 Å². The second-order valence-corrected chi connectivity index (χ2v) is 5.77. The molecule has 0 radical (unpaired) electrons. The lowest BCUT2D eigenvalue weighted by molar-refractivity contribution is -0.115. The summed E-state index contributed by atoms with van der Waals surface area (Å²) in [5, 5.41) is 10.00. The lowest BCUT2D eigenvalue weighted by Crippen LogP contribution is -2.18. The normalized spacial score (nSPS) is 16.4. The first kappa shape index (κ1) is 14.9. The maximum Gasteiger partial charge on any atom is 0.264 e. The van der Waals surface area contributed by atoms with Gasteiger partial charge >= 0.3 is 0 Å². The Kier molecular flexibility index (Phi) is 4.72. The second-order valence-electron chi connectivity index (χ2n) is 3.86. The number of amidine groups is 1. The number of hydrogen-bond acceptors (Lipinski definition) is 5. The number of carbonyl (C=O) groups excluding carboxylic acids is 1. The summed E-state index contributed by atoms with van der Waals surface area (Å²) in [6.45, 7) is 2.41. The van der Waals surface area contributed by atoms with E-state index in [-0.39, 0.29) is 11.1 Å². The Bertz CT molecular complexity index is 602. The summed E-state index contributed by atoms with van der Waals surface area (Å²) in [5.41, 5.74) is 0.800. The monoisotopic (exact) mass is 356 g/mol. The lowest BCUT2D eigenvalue weighted by Gasteiger charge is -2.12. The van der Waals surface area contributed by atoms with Crippen LogP contribution in [0.3, 0.4) is 0 Å². The van der Waals surface area contributed by atoms with Gasteiger partial charge in [-0.3, -0.25) is 10.2 Å². The largest absolute Gasteiger partial charge is 0.492 e. The van der Waals surface area contributed by atoms with Crippen molar-refractivity contribution >= 4 is 44.8 Å². The SMILES string of the molecule is CCOc1cc(C=C2SC(=N)NC2=O)cc(Br)c1OC. The molecule has 1 fully saturated rings. The topological polar surface area (TPSA) is 71.4 Å². The zero-order valence-corrected chi connectivity index (χ0v) is 13.4. The third-order valence-corrected chi connectivity index (χ3v) is 3.91. The zero-order valence-electron chi connectivity index (χ0n) is 11.0. The van der Waals surface area contributed by atoms with Crippen LogP contribution in [0.25, 0.3) is 6.08 Å². The number of amides is 1. The van der Waals surface area contributed by atoms with Crippen molar-refractivity contribution in [3.05, 3.63) is 27.1 Å². The third-order valence-electron chi connectivity index (χ3n) is 2.50. The summed E-state index contributed by atoms with van der Waals surface area (Å²) >= 11 is 4.52. The number of ether oxygens (including phenoxy) is 2. The van der Waals surface area contributed by atoms with Gasteiger partial charge in [0.15, 0.2) is 16.7 Å². The average molecular weight is 357 g/mol. The van der Waals surface area contributed by atoms with E-state index < -0.39 is 0 Å². The zero-order chi connectivity index (χ0) is 14.7. The Morgan fingerprint density at radius 3 is 2.80 bits per heavy atom. The van der Waals surface area contributed by atoms with Gasteiger partial charge in [0.25, 0.3) is 5.91 Å². The van der Waals surface area contributed by atoms with Crippen molar-refractivity contribution in [2.75, 3.05) is 13.7 Å². The average Bonchev–Trinajstić information content (AvgIpc) is 2.68. The number of hydrogen-bond donors (Lipinski definition) is 2. The maximum atomic E-state index is 11.6. The van der Waals surface area contributed by atoms with Gasteiger partial charge in [-0.25, -0.2) is 0 Å². The van der Waals surface area contributed by atoms with Gasteiger partial charge in [0.1, 0.15) is 0 Å². The van der Waals surface area contributed by atoms with Crippen molar-refractivity contribution in [2.24, 2.45) is 0 Å². The van der Waals surface area contributed by atoms with Crippen molar-refractivity contribution in [1.29, 1.82) is 5.41 Å². The minimum atomic E-state index is -0.259. The Morgan fingerprint density at radius 2 is 2.25 bits per heavy atom. The number of benzene rings is 1. The molecule has 1 aromatic carbocycles. The van der Waals surface area contributed by atoms with Crippen LogP contribution in [0.15, 0.2) is 21.5 Å². The Hall–Kier alpha value is -1.47. The van der Waals surface area contributed by atoms with Crippen molar-refractivity contribution in [2.45, 2.75) is 6.92 Å². The molecule has 5 nitrogen and oxygen atoms in total. The van der Waals surface area contributed by atoms with Crippen molar-refractivity contribution in [1.82, 2.24) is 5.32 Å². The van der Waals surface area contributed by atoms with Crippen LogP contribution >= 0.6 is 27.7 Å². The molecule has 1 amide bonds. The van der Waals surface area contributed by atoms with Gasteiger partial charge in [0.05, 0.1) is 23.1 Å². The molecule has 7 heteroatoms. The molecule has 1 heterocycles. The molecule has 2 rings (SSSR count). The number of thioether (sulfide) groups is 1. The highest BCUT2D eigenvalue weighted by Gasteiger charge is 2.22. The summed E-state index contributed by atoms with van der Waals surface area (Å²) in [7, 11) is 1.57. The molecule has 0 spiro atoms. The van der Waals surface area contributed by atoms with Crippen LogP contribution in [0.4, 0.5) is 0 Å². The van der Waals surface area contributed by atoms with Crippen LogP contribution in [0.2, 0.25) is 0 Å². The summed E-state index contributed by atoms with van der Waals surface area (Å²) in [5.74, 6) is 0.963. The van der Waals surface area contributed by atoms with Gasteiger partial charge in [-0.05, 0) is 58.4 Å². The molecule has 1 aliphatic rings. The molecule has 0 aromatic heterocycles. The first-order valence-corrected chi connectivity index (χ1v) is 7.46. The van der Waals surface area contributed by atoms with Gasteiger partial charge in [-0.15, -0.1) is 0 Å². The molecular weight excluding hydrogens is 344 g/mol. The molecule has 1 saturated heterocycles. The highest BCUT2D eigenvalue weighted by Crippen LogP contribution is 2.38. The van der Waals surface area contributed by atoms with Gasteiger partial charge in [-0.2, -0.15) is 0 Å². The fourth-order valence-corrected chi connectivity index (χ4v) is 3.05. The molecule has 106 valence electrons. The first-order valence-electron chi connectivity index (χ1n) is 5.85. The van der Waals surface area contributed by atoms with E-state index in [0.717, 1.165) is 21.8 Å². The minimum Gasteiger partial charge on any atom is -0.492 e. The molecule has 0 atom stereocenters. The van der Waals surface area contributed by atoms with E-state index in [4.69, 9.17) is 14.9 Å². The van der Waals surface area contributed by atoms with Crippen molar-refractivity contribution in [3.8, 4) is 11.5 Å². The lowest BCUT2D eigenvalue weighted by atomic mass is 10.2. The van der Waals surface area contributed by atoms with Crippen LogP contribution in [0, 0.1) is 5.41 Å². The van der Waals surface area contributed by atoms with Crippen LogP contribution in [0.1, 0.15) is 12.5 Å². The molecule has 0 bridgehead atoms. The molecule has 0 saturated carbocycles. The Morgan fingerprint density at radius 1 is 1.50 bits per heavy atom. The van der Waals surface area contributed by atoms with E-state index in [9.17, 15) is 4.79 Å². The molecular formula is C13H13BrN2O3S. The molecule has 1 aliphatic heterocycles. The Labute approximate surface area is 129 Å². The van der Waals surface area contributed by atoms with E-state index >= 15 is 0 Å². The summed E-state index contributed by atoms with van der Waals surface area (Å²) in [6.07, 6.45) is 1.72. The number of carbonyl (C=O) groups is 1. The fraction of sp³-hybridized carbons (Fsp3) is 0.231. The quantitative estimate of drug-likeness (QED) is 0.813. The van der Waals surface area contributed by atoms with E-state index in [1.54, 1.807) is 19.3 Å². The fourth-order valence-electron chi connectivity index (χ4n) is 1.73. The van der Waals surface area contributed by atoms with Gasteiger partial charge in [0.2, 0.25) is 0 Å².